The van der Waals surface area contributed by atoms with Crippen molar-refractivity contribution in [2.24, 2.45) is 0 Å². The minimum absolute atomic E-state index is 0.149. The van der Waals surface area contributed by atoms with Crippen LogP contribution in [-0.4, -0.2) is 27.3 Å². The van der Waals surface area contributed by atoms with Gasteiger partial charge in [-0.05, 0) is 29.3 Å². The van der Waals surface area contributed by atoms with Gasteiger partial charge in [0.05, 0.1) is 0 Å². The fourth-order valence-corrected chi connectivity index (χ4v) is 2.79. The van der Waals surface area contributed by atoms with Crippen LogP contribution >= 0.6 is 0 Å². The zero-order valence-corrected chi connectivity index (χ0v) is 11.3. The molecule has 1 aliphatic rings. The number of rotatable bonds is 2. The molecule has 2 aromatic rings. The summed E-state index contributed by atoms with van der Waals surface area (Å²) < 4.78 is 13.1. The lowest BCUT2D eigenvalue weighted by Gasteiger charge is -2.36. The van der Waals surface area contributed by atoms with Crippen molar-refractivity contribution in [3.8, 4) is 0 Å². The normalized spacial score (nSPS) is 20.6. The lowest BCUT2D eigenvalue weighted by Crippen LogP contribution is -2.43. The van der Waals surface area contributed by atoms with Crippen LogP contribution in [0.15, 0.2) is 48.5 Å². The van der Waals surface area contributed by atoms with Gasteiger partial charge in [-0.15, -0.1) is 0 Å². The Labute approximate surface area is 125 Å². The first-order chi connectivity index (χ1) is 10.5. The molecule has 3 rings (SSSR count). The van der Waals surface area contributed by atoms with E-state index >= 15 is 0 Å². The van der Waals surface area contributed by atoms with E-state index in [0.717, 1.165) is 12.1 Å². The van der Waals surface area contributed by atoms with E-state index in [0.29, 0.717) is 16.2 Å². The van der Waals surface area contributed by atoms with E-state index in [4.69, 9.17) is 0 Å². The Morgan fingerprint density at radius 2 is 1.73 bits per heavy atom. The summed E-state index contributed by atoms with van der Waals surface area (Å²) in [5, 5.41) is 20.1. The van der Waals surface area contributed by atoms with Crippen LogP contribution in [0.5, 0.6) is 0 Å². The number of carbonyl (C=O) groups is 2. The number of carbonyl (C=O) groups excluding carboxylic acids is 1. The van der Waals surface area contributed by atoms with E-state index in [1.54, 1.807) is 18.2 Å². The lowest BCUT2D eigenvalue weighted by molar-refractivity contribution is -0.148. The molecule has 112 valence electrons. The van der Waals surface area contributed by atoms with Crippen LogP contribution in [0, 0.1) is 5.82 Å². The SMILES string of the molecule is O=C(O)[C@H]1c2ccccc2C(=O)N(O)[C@@H]1c1ccc(F)cc1. The van der Waals surface area contributed by atoms with Crippen molar-refractivity contribution >= 4 is 11.9 Å². The van der Waals surface area contributed by atoms with E-state index in [1.165, 1.54) is 18.2 Å². The monoisotopic (exact) mass is 301 g/mol. The molecule has 0 aromatic heterocycles. The number of carboxylic acids is 1. The van der Waals surface area contributed by atoms with Crippen molar-refractivity contribution in [3.05, 3.63) is 71.0 Å². The molecule has 0 saturated heterocycles. The molecule has 0 unspecified atom stereocenters. The number of fused-ring (bicyclic) bond motifs is 1. The smallest absolute Gasteiger partial charge is 0.313 e. The molecule has 5 nitrogen and oxygen atoms in total. The number of amides is 1. The van der Waals surface area contributed by atoms with E-state index in [-0.39, 0.29) is 5.56 Å². The summed E-state index contributed by atoms with van der Waals surface area (Å²) in [5.74, 6) is -3.47. The molecule has 0 bridgehead atoms. The van der Waals surface area contributed by atoms with Gasteiger partial charge in [-0.25, -0.2) is 9.45 Å². The Kier molecular flexibility index (Phi) is 3.38. The van der Waals surface area contributed by atoms with E-state index in [1.807, 2.05) is 0 Å². The minimum atomic E-state index is -1.17. The molecule has 1 aliphatic heterocycles. The van der Waals surface area contributed by atoms with Crippen molar-refractivity contribution in [3.63, 3.8) is 0 Å². The summed E-state index contributed by atoms with van der Waals surface area (Å²) in [5.41, 5.74) is 0.828. The fourth-order valence-electron chi connectivity index (χ4n) is 2.79. The standard InChI is InChI=1S/C16H12FNO4/c17-10-7-5-9(6-8-10)14-13(16(20)21)11-3-1-2-4-12(11)15(19)18(14)22/h1-8,13-14,22H,(H,20,21)/t13-,14+/m0/s1. The summed E-state index contributed by atoms with van der Waals surface area (Å²) in [7, 11) is 0. The number of hydrogen-bond donors (Lipinski definition) is 2. The van der Waals surface area contributed by atoms with Gasteiger partial charge in [0, 0.05) is 5.56 Å². The third kappa shape index (κ3) is 2.14. The van der Waals surface area contributed by atoms with Crippen LogP contribution in [0.2, 0.25) is 0 Å². The molecule has 2 N–H and O–H groups in total. The molecule has 0 spiro atoms. The third-order valence-corrected chi connectivity index (χ3v) is 3.79. The highest BCUT2D eigenvalue weighted by Gasteiger charge is 2.44. The van der Waals surface area contributed by atoms with E-state index < -0.39 is 29.7 Å². The van der Waals surface area contributed by atoms with Gasteiger partial charge >= 0.3 is 5.97 Å². The van der Waals surface area contributed by atoms with Gasteiger partial charge in [0.2, 0.25) is 0 Å². The maximum Gasteiger partial charge on any atom is 0.313 e. The predicted octanol–water partition coefficient (Wildman–Crippen LogP) is 2.58. The largest absolute Gasteiger partial charge is 0.481 e. The Balaban J connectivity index is 2.18. The van der Waals surface area contributed by atoms with E-state index in [9.17, 15) is 24.3 Å². The lowest BCUT2D eigenvalue weighted by atomic mass is 9.81. The Morgan fingerprint density at radius 3 is 2.36 bits per heavy atom. The molecule has 2 atom stereocenters. The van der Waals surface area contributed by atoms with Crippen molar-refractivity contribution in [1.82, 2.24) is 5.06 Å². The van der Waals surface area contributed by atoms with Crippen molar-refractivity contribution in [2.45, 2.75) is 12.0 Å². The van der Waals surface area contributed by atoms with Gasteiger partial charge in [0.15, 0.2) is 0 Å². The van der Waals surface area contributed by atoms with Gasteiger partial charge in [0.1, 0.15) is 17.8 Å². The van der Waals surface area contributed by atoms with Gasteiger partial charge < -0.3 is 5.11 Å². The van der Waals surface area contributed by atoms with Gasteiger partial charge in [-0.2, -0.15) is 0 Å². The summed E-state index contributed by atoms with van der Waals surface area (Å²) in [6.45, 7) is 0. The number of benzene rings is 2. The van der Waals surface area contributed by atoms with Crippen LogP contribution in [0.3, 0.4) is 0 Å². The Morgan fingerprint density at radius 1 is 1.09 bits per heavy atom. The van der Waals surface area contributed by atoms with Crippen molar-refractivity contribution < 1.29 is 24.3 Å². The molecule has 0 aliphatic carbocycles. The number of carboxylic acid groups (broad SMARTS) is 1. The molecule has 2 aromatic carbocycles. The molecule has 0 saturated carbocycles. The molecule has 1 heterocycles. The highest BCUT2D eigenvalue weighted by atomic mass is 19.1. The third-order valence-electron chi connectivity index (χ3n) is 3.79. The Bertz CT molecular complexity index is 744. The first-order valence-electron chi connectivity index (χ1n) is 6.60. The second-order valence-electron chi connectivity index (χ2n) is 5.05. The zero-order chi connectivity index (χ0) is 15.9. The summed E-state index contributed by atoms with van der Waals surface area (Å²) >= 11 is 0. The molecule has 0 radical (unpaired) electrons. The predicted molar refractivity (Wildman–Crippen MR) is 73.9 cm³/mol. The van der Waals surface area contributed by atoms with Crippen LogP contribution in [-0.2, 0) is 4.79 Å². The number of halogens is 1. The molecule has 22 heavy (non-hydrogen) atoms. The number of nitrogens with zero attached hydrogens (tertiary/aromatic N) is 1. The number of hydroxylamine groups is 2. The maximum atomic E-state index is 13.1. The van der Waals surface area contributed by atoms with Gasteiger partial charge in [-0.3, -0.25) is 14.8 Å². The number of aliphatic carboxylic acids is 1. The topological polar surface area (TPSA) is 77.8 Å². The molecular weight excluding hydrogens is 289 g/mol. The minimum Gasteiger partial charge on any atom is -0.481 e. The van der Waals surface area contributed by atoms with Gasteiger partial charge in [-0.1, -0.05) is 30.3 Å². The number of hydrogen-bond acceptors (Lipinski definition) is 3. The van der Waals surface area contributed by atoms with Crippen LogP contribution in [0.25, 0.3) is 0 Å². The first kappa shape index (κ1) is 14.2. The molecule has 1 amide bonds. The quantitative estimate of drug-likeness (QED) is 0.836. The average Bonchev–Trinajstić information content (AvgIpc) is 2.51. The maximum absolute atomic E-state index is 13.1. The molecular formula is C16H12FNO4. The van der Waals surface area contributed by atoms with Crippen LogP contribution in [0.1, 0.15) is 33.4 Å². The van der Waals surface area contributed by atoms with Crippen molar-refractivity contribution in [1.29, 1.82) is 0 Å². The van der Waals surface area contributed by atoms with Crippen LogP contribution < -0.4 is 0 Å². The molecule has 0 fully saturated rings. The highest BCUT2D eigenvalue weighted by Crippen LogP contribution is 2.41. The first-order valence-corrected chi connectivity index (χ1v) is 6.60. The highest BCUT2D eigenvalue weighted by molar-refractivity contribution is 5.99. The summed E-state index contributed by atoms with van der Waals surface area (Å²) in [6.07, 6.45) is 0. The second-order valence-corrected chi connectivity index (χ2v) is 5.05. The van der Waals surface area contributed by atoms with E-state index in [2.05, 4.69) is 0 Å². The summed E-state index contributed by atoms with van der Waals surface area (Å²) in [6, 6.07) is 10.2. The van der Waals surface area contributed by atoms with Crippen LogP contribution in [0.4, 0.5) is 4.39 Å². The Hall–Kier alpha value is -2.73. The van der Waals surface area contributed by atoms with Crippen molar-refractivity contribution in [2.75, 3.05) is 0 Å². The van der Waals surface area contributed by atoms with Gasteiger partial charge in [0.25, 0.3) is 5.91 Å². The molecule has 6 heteroatoms. The summed E-state index contributed by atoms with van der Waals surface area (Å²) in [4.78, 5) is 23.9. The average molecular weight is 301 g/mol. The fraction of sp³-hybridized carbons (Fsp3) is 0.125. The zero-order valence-electron chi connectivity index (χ0n) is 11.3. The second kappa shape index (κ2) is 5.23.